The normalized spacial score (nSPS) is 12.7. The molecule has 0 aliphatic rings. The van der Waals surface area contributed by atoms with Crippen LogP contribution in [0.25, 0.3) is 10.8 Å². The lowest BCUT2D eigenvalue weighted by atomic mass is 10.0. The molecule has 0 aliphatic carbocycles. The zero-order chi connectivity index (χ0) is 11.5. The van der Waals surface area contributed by atoms with Crippen LogP contribution in [-0.2, 0) is 6.42 Å². The smallest absolute Gasteiger partial charge is 0.126 e. The number of aliphatic hydroxyl groups excluding tert-OH is 1. The van der Waals surface area contributed by atoms with E-state index >= 15 is 0 Å². The Balaban J connectivity index is 2.59. The second kappa shape index (κ2) is 4.51. The molecular weight excluding hydrogens is 202 g/mol. The van der Waals surface area contributed by atoms with Gasteiger partial charge >= 0.3 is 0 Å². The molecule has 0 saturated heterocycles. The third-order valence-electron chi connectivity index (χ3n) is 2.62. The highest BCUT2D eigenvalue weighted by Crippen LogP contribution is 2.27. The Hall–Kier alpha value is -1.58. The van der Waals surface area contributed by atoms with Gasteiger partial charge in [0.05, 0.1) is 7.11 Å². The maximum Gasteiger partial charge on any atom is 0.126 e. The molecule has 0 saturated carbocycles. The Kier molecular flexibility index (Phi) is 3.08. The van der Waals surface area contributed by atoms with Crippen molar-refractivity contribution in [1.82, 2.24) is 0 Å². The average molecular weight is 217 g/mol. The van der Waals surface area contributed by atoms with E-state index in [-0.39, 0.29) is 0 Å². The van der Waals surface area contributed by atoms with Crippen LogP contribution in [-0.4, -0.2) is 18.4 Å². The Morgan fingerprint density at radius 3 is 2.56 bits per heavy atom. The van der Waals surface area contributed by atoms with Gasteiger partial charge in [0.2, 0.25) is 0 Å². The van der Waals surface area contributed by atoms with E-state index in [1.165, 1.54) is 0 Å². The monoisotopic (exact) mass is 217 g/mol. The van der Waals surface area contributed by atoms with Crippen molar-refractivity contribution in [2.45, 2.75) is 12.6 Å². The number of benzene rings is 2. The van der Waals surface area contributed by atoms with Crippen molar-refractivity contribution in [3.05, 3.63) is 42.0 Å². The number of fused-ring (bicyclic) bond motifs is 1. The van der Waals surface area contributed by atoms with Crippen molar-refractivity contribution >= 4 is 10.8 Å². The fourth-order valence-corrected chi connectivity index (χ4v) is 1.93. The molecule has 0 spiro atoms. The lowest BCUT2D eigenvalue weighted by molar-refractivity contribution is 0.183. The van der Waals surface area contributed by atoms with Crippen molar-refractivity contribution in [2.75, 3.05) is 7.11 Å². The molecule has 3 heteroatoms. The van der Waals surface area contributed by atoms with Gasteiger partial charge in [-0.25, -0.2) is 0 Å². The lowest BCUT2D eigenvalue weighted by Crippen LogP contribution is -2.21. The van der Waals surface area contributed by atoms with Gasteiger partial charge in [0.1, 0.15) is 12.0 Å². The summed E-state index contributed by atoms with van der Waals surface area (Å²) in [6, 6.07) is 11.8. The predicted octanol–water partition coefficient (Wildman–Crippen LogP) is 1.67. The minimum Gasteiger partial charge on any atom is -0.496 e. The van der Waals surface area contributed by atoms with Crippen molar-refractivity contribution in [3.63, 3.8) is 0 Å². The summed E-state index contributed by atoms with van der Waals surface area (Å²) in [5, 5.41) is 11.4. The summed E-state index contributed by atoms with van der Waals surface area (Å²) < 4.78 is 5.29. The molecule has 3 N–H and O–H groups in total. The molecule has 0 fully saturated rings. The molecule has 3 nitrogen and oxygen atoms in total. The largest absolute Gasteiger partial charge is 0.496 e. The van der Waals surface area contributed by atoms with Crippen LogP contribution in [0.5, 0.6) is 5.75 Å². The van der Waals surface area contributed by atoms with Gasteiger partial charge in [-0.3, -0.25) is 0 Å². The van der Waals surface area contributed by atoms with Crippen molar-refractivity contribution in [2.24, 2.45) is 5.73 Å². The van der Waals surface area contributed by atoms with Crippen LogP contribution in [0, 0.1) is 0 Å². The van der Waals surface area contributed by atoms with Gasteiger partial charge in [0, 0.05) is 11.8 Å². The van der Waals surface area contributed by atoms with E-state index in [0.29, 0.717) is 6.42 Å². The van der Waals surface area contributed by atoms with E-state index in [2.05, 4.69) is 0 Å². The summed E-state index contributed by atoms with van der Waals surface area (Å²) >= 11 is 0. The number of ether oxygens (including phenoxy) is 1. The molecule has 0 aliphatic heterocycles. The van der Waals surface area contributed by atoms with Gasteiger partial charge in [-0.1, -0.05) is 30.3 Å². The number of hydrogen-bond acceptors (Lipinski definition) is 3. The Morgan fingerprint density at radius 2 is 1.88 bits per heavy atom. The molecule has 0 amide bonds. The number of aliphatic hydroxyl groups is 1. The first-order valence-corrected chi connectivity index (χ1v) is 5.20. The predicted molar refractivity (Wildman–Crippen MR) is 64.4 cm³/mol. The molecule has 2 aromatic rings. The first-order chi connectivity index (χ1) is 7.72. The number of methoxy groups -OCH3 is 1. The second-order valence-electron chi connectivity index (χ2n) is 3.74. The quantitative estimate of drug-likeness (QED) is 0.769. The van der Waals surface area contributed by atoms with Crippen LogP contribution in [0.3, 0.4) is 0 Å². The third-order valence-corrected chi connectivity index (χ3v) is 2.62. The molecule has 16 heavy (non-hydrogen) atoms. The van der Waals surface area contributed by atoms with Crippen LogP contribution in [0.15, 0.2) is 36.4 Å². The summed E-state index contributed by atoms with van der Waals surface area (Å²) in [6.45, 7) is 0. The van der Waals surface area contributed by atoms with Crippen LogP contribution in [0.2, 0.25) is 0 Å². The van der Waals surface area contributed by atoms with E-state index < -0.39 is 6.23 Å². The highest BCUT2D eigenvalue weighted by Gasteiger charge is 2.06. The van der Waals surface area contributed by atoms with Crippen LogP contribution in [0.4, 0.5) is 0 Å². The molecule has 0 aromatic heterocycles. The highest BCUT2D eigenvalue weighted by molar-refractivity contribution is 5.91. The number of nitrogens with two attached hydrogens (primary N) is 1. The second-order valence-corrected chi connectivity index (χ2v) is 3.74. The zero-order valence-electron chi connectivity index (χ0n) is 9.18. The topological polar surface area (TPSA) is 55.5 Å². The lowest BCUT2D eigenvalue weighted by Gasteiger charge is -2.10. The van der Waals surface area contributed by atoms with E-state index in [1.807, 2.05) is 36.4 Å². The number of rotatable bonds is 3. The summed E-state index contributed by atoms with van der Waals surface area (Å²) in [6.07, 6.45) is -0.373. The summed E-state index contributed by atoms with van der Waals surface area (Å²) in [5.41, 5.74) is 6.44. The van der Waals surface area contributed by atoms with Crippen molar-refractivity contribution in [3.8, 4) is 5.75 Å². The van der Waals surface area contributed by atoms with Crippen LogP contribution < -0.4 is 10.5 Å². The summed E-state index contributed by atoms with van der Waals surface area (Å²) in [4.78, 5) is 0. The summed E-state index contributed by atoms with van der Waals surface area (Å²) in [5.74, 6) is 0.839. The molecule has 1 unspecified atom stereocenters. The molecule has 2 aromatic carbocycles. The minimum atomic E-state index is -0.822. The van der Waals surface area contributed by atoms with E-state index in [0.717, 1.165) is 22.1 Å². The van der Waals surface area contributed by atoms with Gasteiger partial charge in [-0.05, 0) is 17.0 Å². The minimum absolute atomic E-state index is 0.449. The first-order valence-electron chi connectivity index (χ1n) is 5.20. The van der Waals surface area contributed by atoms with Gasteiger partial charge in [-0.15, -0.1) is 0 Å². The molecule has 0 radical (unpaired) electrons. The van der Waals surface area contributed by atoms with E-state index in [9.17, 15) is 5.11 Å². The fraction of sp³-hybridized carbons (Fsp3) is 0.231. The molecule has 84 valence electrons. The van der Waals surface area contributed by atoms with Gasteiger partial charge in [0.25, 0.3) is 0 Å². The van der Waals surface area contributed by atoms with Crippen LogP contribution in [0.1, 0.15) is 5.56 Å². The van der Waals surface area contributed by atoms with Gasteiger partial charge in [-0.2, -0.15) is 0 Å². The maximum absolute atomic E-state index is 9.24. The molecular formula is C13H15NO2. The SMILES string of the molecule is COc1cccc2c(CC(N)O)cccc12. The standard InChI is InChI=1S/C13H15NO2/c1-16-12-7-3-5-10-9(8-13(14)15)4-2-6-11(10)12/h2-7,13,15H,8,14H2,1H3. The zero-order valence-corrected chi connectivity index (χ0v) is 9.18. The molecule has 0 heterocycles. The van der Waals surface area contributed by atoms with Crippen LogP contribution >= 0.6 is 0 Å². The molecule has 2 rings (SSSR count). The fourth-order valence-electron chi connectivity index (χ4n) is 1.93. The summed E-state index contributed by atoms with van der Waals surface area (Å²) in [7, 11) is 1.65. The van der Waals surface area contributed by atoms with Gasteiger partial charge in [0.15, 0.2) is 0 Å². The van der Waals surface area contributed by atoms with Crippen molar-refractivity contribution in [1.29, 1.82) is 0 Å². The Bertz CT molecular complexity index is 494. The molecule has 0 bridgehead atoms. The van der Waals surface area contributed by atoms with E-state index in [1.54, 1.807) is 7.11 Å². The maximum atomic E-state index is 9.24. The van der Waals surface area contributed by atoms with E-state index in [4.69, 9.17) is 10.5 Å². The first kappa shape index (κ1) is 10.9. The number of hydrogen-bond donors (Lipinski definition) is 2. The Labute approximate surface area is 94.5 Å². The highest BCUT2D eigenvalue weighted by atomic mass is 16.5. The van der Waals surface area contributed by atoms with Gasteiger partial charge < -0.3 is 15.6 Å². The molecule has 1 atom stereocenters. The average Bonchev–Trinajstić information content (AvgIpc) is 2.28. The Morgan fingerprint density at radius 1 is 1.19 bits per heavy atom. The third kappa shape index (κ3) is 2.01. The van der Waals surface area contributed by atoms with Crippen molar-refractivity contribution < 1.29 is 9.84 Å².